The highest BCUT2D eigenvalue weighted by Crippen LogP contribution is 2.52. The molecule has 0 N–H and O–H groups in total. The van der Waals surface area contributed by atoms with Crippen LogP contribution in [0.25, 0.3) is 0 Å². The number of halogens is 1. The number of nitriles is 1. The number of esters is 1. The molecule has 1 aromatic carbocycles. The van der Waals surface area contributed by atoms with E-state index in [4.69, 9.17) is 14.7 Å². The molecule has 7 nitrogen and oxygen atoms in total. The smallest absolute Gasteiger partial charge is 0.331 e. The average Bonchev–Trinajstić information content (AvgIpc) is 3.34. The highest BCUT2D eigenvalue weighted by Gasteiger charge is 2.59. The molecule has 1 saturated carbocycles. The molecule has 2 aliphatic carbocycles. The van der Waals surface area contributed by atoms with Crippen LogP contribution in [0.4, 0.5) is 0 Å². The Balaban J connectivity index is 1.51. The third-order valence-electron chi connectivity index (χ3n) is 5.50. The van der Waals surface area contributed by atoms with Crippen molar-refractivity contribution in [2.75, 3.05) is 13.2 Å². The van der Waals surface area contributed by atoms with Crippen molar-refractivity contribution in [2.45, 2.75) is 13.3 Å². The van der Waals surface area contributed by atoms with Gasteiger partial charge in [0.05, 0.1) is 34.5 Å². The molecule has 4 rings (SSSR count). The second-order valence-electron chi connectivity index (χ2n) is 7.07. The zero-order valence-corrected chi connectivity index (χ0v) is 16.6. The van der Waals surface area contributed by atoms with Crippen molar-refractivity contribution in [1.82, 2.24) is 4.90 Å². The number of amides is 2. The summed E-state index contributed by atoms with van der Waals surface area (Å²) >= 11 is 3.27. The number of carbonyl (C=O) groups is 3. The van der Waals surface area contributed by atoms with Crippen LogP contribution in [0.15, 0.2) is 28.8 Å². The van der Waals surface area contributed by atoms with Crippen molar-refractivity contribution in [2.24, 2.45) is 23.7 Å². The number of allylic oxidation sites excluding steroid dienone is 2. The minimum Gasteiger partial charge on any atom is -0.490 e. The molecule has 0 radical (unpaired) electrons. The zero-order chi connectivity index (χ0) is 20.0. The molecule has 1 aromatic rings. The predicted molar refractivity (Wildman–Crippen MR) is 100 cm³/mol. The predicted octanol–water partition coefficient (Wildman–Crippen LogP) is 2.43. The Morgan fingerprint density at radius 3 is 2.46 bits per heavy atom. The first-order chi connectivity index (χ1) is 13.4. The number of imide groups is 1. The number of ether oxygens (including phenoxy) is 2. The maximum atomic E-state index is 12.7. The number of hydrogen-bond acceptors (Lipinski definition) is 6. The molecule has 2 bridgehead atoms. The van der Waals surface area contributed by atoms with Crippen LogP contribution in [0.2, 0.25) is 0 Å². The fraction of sp³-hybridized carbons (Fsp3) is 0.400. The Morgan fingerprint density at radius 2 is 1.89 bits per heavy atom. The SMILES string of the molecule is CCOc1cc(C#N)cc(Br)c1OC(=O)CN1C(=O)C2C3C=CC(C3)C2C1=O. The molecule has 1 heterocycles. The van der Waals surface area contributed by atoms with Gasteiger partial charge in [-0.3, -0.25) is 14.5 Å². The molecular weight excluding hydrogens is 428 g/mol. The molecule has 0 spiro atoms. The van der Waals surface area contributed by atoms with Crippen molar-refractivity contribution in [3.05, 3.63) is 34.3 Å². The molecule has 3 aliphatic rings. The molecule has 28 heavy (non-hydrogen) atoms. The number of benzene rings is 1. The van der Waals surface area contributed by atoms with Gasteiger partial charge in [-0.25, -0.2) is 4.79 Å². The molecule has 8 heteroatoms. The first-order valence-electron chi connectivity index (χ1n) is 9.05. The van der Waals surface area contributed by atoms with Gasteiger partial charge in [-0.2, -0.15) is 5.26 Å². The van der Waals surface area contributed by atoms with E-state index < -0.39 is 12.5 Å². The van der Waals surface area contributed by atoms with Gasteiger partial charge in [-0.15, -0.1) is 0 Å². The largest absolute Gasteiger partial charge is 0.490 e. The average molecular weight is 445 g/mol. The molecule has 4 atom stereocenters. The monoisotopic (exact) mass is 444 g/mol. The van der Waals surface area contributed by atoms with E-state index in [1.165, 1.54) is 12.1 Å². The number of nitrogens with zero attached hydrogens (tertiary/aromatic N) is 2. The summed E-state index contributed by atoms with van der Waals surface area (Å²) in [6.45, 7) is 1.64. The van der Waals surface area contributed by atoms with E-state index in [0.29, 0.717) is 16.6 Å². The summed E-state index contributed by atoms with van der Waals surface area (Å²) in [5.41, 5.74) is 0.343. The Kier molecular flexibility index (Phi) is 4.71. The molecule has 1 saturated heterocycles. The Morgan fingerprint density at radius 1 is 1.25 bits per heavy atom. The fourth-order valence-corrected chi connectivity index (χ4v) is 4.91. The highest BCUT2D eigenvalue weighted by atomic mass is 79.9. The molecule has 2 fully saturated rings. The maximum absolute atomic E-state index is 12.7. The van der Waals surface area contributed by atoms with E-state index in [-0.39, 0.29) is 47.0 Å². The van der Waals surface area contributed by atoms with Crippen molar-refractivity contribution < 1.29 is 23.9 Å². The molecule has 0 aromatic heterocycles. The minimum atomic E-state index is -0.742. The van der Waals surface area contributed by atoms with Crippen LogP contribution in [-0.4, -0.2) is 35.8 Å². The van der Waals surface area contributed by atoms with Crippen molar-refractivity contribution in [3.63, 3.8) is 0 Å². The van der Waals surface area contributed by atoms with Crippen LogP contribution in [0.1, 0.15) is 18.9 Å². The standard InChI is InChI=1S/C20H17BrN2O5/c1-2-27-14-6-10(8-22)5-13(21)18(14)28-15(24)9-23-19(25)16-11-3-4-12(7-11)17(16)20(23)26/h3-6,11-12,16-17H,2,7,9H2,1H3. The van der Waals surface area contributed by atoms with Crippen LogP contribution >= 0.6 is 15.9 Å². The van der Waals surface area contributed by atoms with Gasteiger partial charge in [0.15, 0.2) is 11.5 Å². The van der Waals surface area contributed by atoms with Gasteiger partial charge in [0.2, 0.25) is 11.8 Å². The summed E-state index contributed by atoms with van der Waals surface area (Å²) in [6, 6.07) is 4.97. The Bertz CT molecular complexity index is 921. The molecule has 144 valence electrons. The summed E-state index contributed by atoms with van der Waals surface area (Å²) in [5.74, 6) is -1.51. The summed E-state index contributed by atoms with van der Waals surface area (Å²) in [7, 11) is 0. The third kappa shape index (κ3) is 2.90. The highest BCUT2D eigenvalue weighted by molar-refractivity contribution is 9.10. The molecule has 4 unspecified atom stereocenters. The summed E-state index contributed by atoms with van der Waals surface area (Å²) in [6.07, 6.45) is 4.84. The number of fused-ring (bicyclic) bond motifs is 5. The van der Waals surface area contributed by atoms with E-state index >= 15 is 0 Å². The van der Waals surface area contributed by atoms with Crippen LogP contribution in [-0.2, 0) is 14.4 Å². The lowest BCUT2D eigenvalue weighted by molar-refractivity contribution is -0.148. The van der Waals surface area contributed by atoms with Gasteiger partial charge in [0, 0.05) is 6.07 Å². The number of likely N-dealkylation sites (tertiary alicyclic amines) is 1. The second-order valence-corrected chi connectivity index (χ2v) is 7.92. The van der Waals surface area contributed by atoms with Crippen molar-refractivity contribution in [3.8, 4) is 17.6 Å². The Labute approximate surface area is 170 Å². The van der Waals surface area contributed by atoms with Crippen LogP contribution in [0.3, 0.4) is 0 Å². The van der Waals surface area contributed by atoms with Gasteiger partial charge in [0.25, 0.3) is 0 Å². The summed E-state index contributed by atoms with van der Waals surface area (Å²) < 4.78 is 11.2. The van der Waals surface area contributed by atoms with Crippen molar-refractivity contribution in [1.29, 1.82) is 5.26 Å². The first kappa shape index (κ1) is 18.7. The van der Waals surface area contributed by atoms with E-state index in [2.05, 4.69) is 15.9 Å². The Hall–Kier alpha value is -2.66. The topological polar surface area (TPSA) is 96.7 Å². The van der Waals surface area contributed by atoms with Crippen LogP contribution in [0.5, 0.6) is 11.5 Å². The van der Waals surface area contributed by atoms with E-state index in [0.717, 1.165) is 11.3 Å². The van der Waals surface area contributed by atoms with E-state index in [1.807, 2.05) is 18.2 Å². The third-order valence-corrected chi connectivity index (χ3v) is 6.09. The fourth-order valence-electron chi connectivity index (χ4n) is 4.39. The van der Waals surface area contributed by atoms with Crippen LogP contribution in [0, 0.1) is 35.0 Å². The number of hydrogen-bond donors (Lipinski definition) is 0. The molecule has 1 aliphatic heterocycles. The van der Waals surface area contributed by atoms with Gasteiger partial charge in [-0.1, -0.05) is 12.2 Å². The van der Waals surface area contributed by atoms with Gasteiger partial charge < -0.3 is 9.47 Å². The summed E-state index contributed by atoms with van der Waals surface area (Å²) in [5, 5.41) is 9.08. The van der Waals surface area contributed by atoms with Gasteiger partial charge >= 0.3 is 5.97 Å². The normalized spacial score (nSPS) is 27.1. The lowest BCUT2D eigenvalue weighted by atomic mass is 9.85. The lowest BCUT2D eigenvalue weighted by Gasteiger charge is -2.17. The quantitative estimate of drug-likeness (QED) is 0.299. The first-order valence-corrected chi connectivity index (χ1v) is 9.84. The maximum Gasteiger partial charge on any atom is 0.331 e. The number of rotatable bonds is 5. The minimum absolute atomic E-state index is 0.0877. The molecular formula is C20H17BrN2O5. The second kappa shape index (κ2) is 7.06. The van der Waals surface area contributed by atoms with E-state index in [9.17, 15) is 14.4 Å². The van der Waals surface area contributed by atoms with Crippen LogP contribution < -0.4 is 9.47 Å². The van der Waals surface area contributed by atoms with Gasteiger partial charge in [0.1, 0.15) is 6.54 Å². The summed E-state index contributed by atoms with van der Waals surface area (Å²) in [4.78, 5) is 38.9. The lowest BCUT2D eigenvalue weighted by Crippen LogP contribution is -2.38. The van der Waals surface area contributed by atoms with Gasteiger partial charge in [-0.05, 0) is 47.2 Å². The number of carbonyl (C=O) groups excluding carboxylic acids is 3. The van der Waals surface area contributed by atoms with E-state index in [1.54, 1.807) is 6.92 Å². The molecule has 2 amide bonds. The zero-order valence-electron chi connectivity index (χ0n) is 15.1. The van der Waals surface area contributed by atoms with Crippen molar-refractivity contribution >= 4 is 33.7 Å².